The summed E-state index contributed by atoms with van der Waals surface area (Å²) in [6, 6.07) is 4.53. The molecule has 2 rings (SSSR count). The second-order valence-electron chi connectivity index (χ2n) is 4.72. The number of alkyl halides is 3. The van der Waals surface area contributed by atoms with E-state index in [0.29, 0.717) is 19.6 Å². The predicted molar refractivity (Wildman–Crippen MR) is 64.5 cm³/mol. The fourth-order valence-corrected chi connectivity index (χ4v) is 2.22. The molecule has 1 atom stereocenters. The molecule has 19 heavy (non-hydrogen) atoms. The van der Waals surface area contributed by atoms with E-state index in [1.54, 1.807) is 4.90 Å². The number of benzene rings is 1. The van der Waals surface area contributed by atoms with E-state index in [-0.39, 0.29) is 17.4 Å². The van der Waals surface area contributed by atoms with E-state index < -0.39 is 11.7 Å². The van der Waals surface area contributed by atoms with E-state index in [1.807, 2.05) is 0 Å². The van der Waals surface area contributed by atoms with Crippen molar-refractivity contribution in [1.29, 1.82) is 0 Å². The molecule has 1 unspecified atom stereocenters. The van der Waals surface area contributed by atoms with Crippen molar-refractivity contribution in [2.75, 3.05) is 19.6 Å². The molecule has 1 saturated heterocycles. The zero-order chi connectivity index (χ0) is 14.0. The van der Waals surface area contributed by atoms with E-state index in [0.717, 1.165) is 18.6 Å². The van der Waals surface area contributed by atoms with Crippen LogP contribution in [0, 0.1) is 5.92 Å². The third-order valence-corrected chi connectivity index (χ3v) is 3.34. The fourth-order valence-electron chi connectivity index (χ4n) is 2.22. The normalized spacial score (nSPS) is 19.8. The van der Waals surface area contributed by atoms with Crippen LogP contribution in [0.4, 0.5) is 13.2 Å². The third kappa shape index (κ3) is 3.07. The van der Waals surface area contributed by atoms with E-state index in [2.05, 4.69) is 0 Å². The predicted octanol–water partition coefficient (Wildman–Crippen LogP) is 2.13. The Hall–Kier alpha value is -1.56. The number of carbonyl (C=O) groups excluding carboxylic acids is 1. The van der Waals surface area contributed by atoms with Crippen LogP contribution in [0.2, 0.25) is 0 Å². The lowest BCUT2D eigenvalue weighted by Crippen LogP contribution is -2.30. The van der Waals surface area contributed by atoms with Gasteiger partial charge in [0, 0.05) is 18.7 Å². The summed E-state index contributed by atoms with van der Waals surface area (Å²) in [5.41, 5.74) is 4.81. The molecule has 6 heteroatoms. The molecule has 1 heterocycles. The second kappa shape index (κ2) is 5.21. The Kier molecular flexibility index (Phi) is 3.80. The minimum Gasteiger partial charge on any atom is -0.338 e. The molecule has 0 bridgehead atoms. The quantitative estimate of drug-likeness (QED) is 0.896. The molecule has 0 aromatic heterocycles. The Balaban J connectivity index is 2.16. The van der Waals surface area contributed by atoms with Crippen molar-refractivity contribution in [3.05, 3.63) is 35.4 Å². The maximum Gasteiger partial charge on any atom is 0.416 e. The van der Waals surface area contributed by atoms with Crippen molar-refractivity contribution in [2.24, 2.45) is 11.7 Å². The van der Waals surface area contributed by atoms with E-state index >= 15 is 0 Å². The van der Waals surface area contributed by atoms with Crippen LogP contribution in [-0.2, 0) is 6.18 Å². The number of carbonyl (C=O) groups is 1. The molecule has 1 amide bonds. The summed E-state index contributed by atoms with van der Waals surface area (Å²) >= 11 is 0. The lowest BCUT2D eigenvalue weighted by molar-refractivity contribution is -0.137. The van der Waals surface area contributed by atoms with Gasteiger partial charge in [0.05, 0.1) is 5.56 Å². The van der Waals surface area contributed by atoms with Gasteiger partial charge in [0.1, 0.15) is 0 Å². The number of nitrogens with zero attached hydrogens (tertiary/aromatic N) is 1. The molecule has 104 valence electrons. The van der Waals surface area contributed by atoms with Gasteiger partial charge >= 0.3 is 6.18 Å². The van der Waals surface area contributed by atoms with Crippen molar-refractivity contribution >= 4 is 5.91 Å². The van der Waals surface area contributed by atoms with Crippen LogP contribution in [0.3, 0.4) is 0 Å². The first kappa shape index (κ1) is 13.9. The Morgan fingerprint density at radius 2 is 2.16 bits per heavy atom. The number of halogens is 3. The lowest BCUT2D eigenvalue weighted by Gasteiger charge is -2.17. The van der Waals surface area contributed by atoms with Gasteiger partial charge in [-0.05, 0) is 37.1 Å². The fraction of sp³-hybridized carbons (Fsp3) is 0.462. The second-order valence-corrected chi connectivity index (χ2v) is 4.72. The monoisotopic (exact) mass is 272 g/mol. The summed E-state index contributed by atoms with van der Waals surface area (Å²) in [5.74, 6) is -0.114. The topological polar surface area (TPSA) is 46.3 Å². The first-order valence-electron chi connectivity index (χ1n) is 6.08. The largest absolute Gasteiger partial charge is 0.416 e. The smallest absolute Gasteiger partial charge is 0.338 e. The number of likely N-dealkylation sites (tertiary alicyclic amines) is 1. The van der Waals surface area contributed by atoms with Gasteiger partial charge in [-0.3, -0.25) is 4.79 Å². The molecule has 1 aromatic carbocycles. The summed E-state index contributed by atoms with van der Waals surface area (Å²) in [7, 11) is 0. The van der Waals surface area contributed by atoms with Crippen LogP contribution in [-0.4, -0.2) is 30.4 Å². The van der Waals surface area contributed by atoms with Gasteiger partial charge in [-0.25, -0.2) is 0 Å². The van der Waals surface area contributed by atoms with E-state index in [4.69, 9.17) is 5.73 Å². The zero-order valence-corrected chi connectivity index (χ0v) is 10.3. The van der Waals surface area contributed by atoms with E-state index in [1.165, 1.54) is 12.1 Å². The standard InChI is InChI=1S/C13H15F3N2O/c14-13(15,16)11-3-1-2-10(6-11)12(19)18-5-4-9(7-17)8-18/h1-3,6,9H,4-5,7-8,17H2. The van der Waals surface area contributed by atoms with Crippen LogP contribution in [0.15, 0.2) is 24.3 Å². The number of amides is 1. The minimum absolute atomic E-state index is 0.0764. The zero-order valence-electron chi connectivity index (χ0n) is 10.3. The first-order chi connectivity index (χ1) is 8.91. The number of hydrogen-bond donors (Lipinski definition) is 1. The van der Waals surface area contributed by atoms with Gasteiger partial charge < -0.3 is 10.6 Å². The molecule has 1 aliphatic rings. The van der Waals surface area contributed by atoms with Gasteiger partial charge in [-0.1, -0.05) is 6.07 Å². The highest BCUT2D eigenvalue weighted by Gasteiger charge is 2.32. The third-order valence-electron chi connectivity index (χ3n) is 3.34. The highest BCUT2D eigenvalue weighted by atomic mass is 19.4. The molecule has 3 nitrogen and oxygen atoms in total. The Labute approximate surface area is 109 Å². The molecule has 2 N–H and O–H groups in total. The Bertz CT molecular complexity index is 473. The van der Waals surface area contributed by atoms with Crippen LogP contribution in [0.25, 0.3) is 0 Å². The van der Waals surface area contributed by atoms with Crippen molar-refractivity contribution in [2.45, 2.75) is 12.6 Å². The molecule has 1 fully saturated rings. The van der Waals surface area contributed by atoms with Gasteiger partial charge in [-0.15, -0.1) is 0 Å². The molecule has 0 radical (unpaired) electrons. The van der Waals surface area contributed by atoms with Crippen LogP contribution in [0.1, 0.15) is 22.3 Å². The summed E-state index contributed by atoms with van der Waals surface area (Å²) in [5, 5.41) is 0. The molecule has 1 aromatic rings. The molecular formula is C13H15F3N2O. The summed E-state index contributed by atoms with van der Waals surface area (Å²) in [4.78, 5) is 13.7. The van der Waals surface area contributed by atoms with Crippen molar-refractivity contribution < 1.29 is 18.0 Å². The number of nitrogens with two attached hydrogens (primary N) is 1. The molecule has 1 aliphatic heterocycles. The van der Waals surface area contributed by atoms with Crippen molar-refractivity contribution in [3.8, 4) is 0 Å². The van der Waals surface area contributed by atoms with Crippen molar-refractivity contribution in [1.82, 2.24) is 4.90 Å². The van der Waals surface area contributed by atoms with Gasteiger partial charge in [0.25, 0.3) is 5.91 Å². The minimum atomic E-state index is -4.43. The highest BCUT2D eigenvalue weighted by Crippen LogP contribution is 2.30. The van der Waals surface area contributed by atoms with Crippen molar-refractivity contribution in [3.63, 3.8) is 0 Å². The molecule has 0 aliphatic carbocycles. The van der Waals surface area contributed by atoms with E-state index in [9.17, 15) is 18.0 Å². The average Bonchev–Trinajstić information content (AvgIpc) is 2.86. The van der Waals surface area contributed by atoms with Gasteiger partial charge in [0.15, 0.2) is 0 Å². The number of hydrogen-bond acceptors (Lipinski definition) is 2. The maximum atomic E-state index is 12.6. The summed E-state index contributed by atoms with van der Waals surface area (Å²) in [6.07, 6.45) is -3.62. The average molecular weight is 272 g/mol. The highest BCUT2D eigenvalue weighted by molar-refractivity contribution is 5.94. The molecule has 0 spiro atoms. The molecule has 0 saturated carbocycles. The first-order valence-corrected chi connectivity index (χ1v) is 6.08. The van der Waals surface area contributed by atoms with Gasteiger partial charge in [-0.2, -0.15) is 13.2 Å². The Morgan fingerprint density at radius 1 is 1.42 bits per heavy atom. The van der Waals surface area contributed by atoms with Crippen LogP contribution >= 0.6 is 0 Å². The SMILES string of the molecule is NCC1CCN(C(=O)c2cccc(C(F)(F)F)c2)C1. The Morgan fingerprint density at radius 3 is 2.74 bits per heavy atom. The van der Waals surface area contributed by atoms with Gasteiger partial charge in [0.2, 0.25) is 0 Å². The van der Waals surface area contributed by atoms with Crippen LogP contribution in [0.5, 0.6) is 0 Å². The maximum absolute atomic E-state index is 12.6. The van der Waals surface area contributed by atoms with Crippen LogP contribution < -0.4 is 5.73 Å². The summed E-state index contributed by atoms with van der Waals surface area (Å²) < 4.78 is 37.8. The number of rotatable bonds is 2. The summed E-state index contributed by atoms with van der Waals surface area (Å²) in [6.45, 7) is 1.56. The molecular weight excluding hydrogens is 257 g/mol. The lowest BCUT2D eigenvalue weighted by atomic mass is 10.1.